The van der Waals surface area contributed by atoms with Gasteiger partial charge in [0.15, 0.2) is 0 Å². The number of nitrogens with zero attached hydrogens (tertiary/aromatic N) is 1. The SMILES string of the molecule is CCC(=O)Nc1cccc(NCc2ccc([N+](=O)[O-])o2)c1. The van der Waals surface area contributed by atoms with Gasteiger partial charge in [0.05, 0.1) is 12.6 Å². The number of furan rings is 1. The molecule has 0 aliphatic carbocycles. The van der Waals surface area contributed by atoms with Crippen molar-refractivity contribution in [2.45, 2.75) is 19.9 Å². The Morgan fingerprint density at radius 1 is 1.29 bits per heavy atom. The third kappa shape index (κ3) is 4.07. The van der Waals surface area contributed by atoms with Gasteiger partial charge in [-0.05, 0) is 24.3 Å². The minimum atomic E-state index is -0.579. The van der Waals surface area contributed by atoms with Crippen LogP contribution in [0, 0.1) is 10.1 Å². The summed E-state index contributed by atoms with van der Waals surface area (Å²) >= 11 is 0. The summed E-state index contributed by atoms with van der Waals surface area (Å²) in [5.41, 5.74) is 1.47. The first kappa shape index (κ1) is 14.6. The molecular weight excluding hydrogens is 274 g/mol. The molecule has 0 aliphatic heterocycles. The van der Waals surface area contributed by atoms with Crippen molar-refractivity contribution in [2.75, 3.05) is 10.6 Å². The molecule has 2 rings (SSSR count). The lowest BCUT2D eigenvalue weighted by Gasteiger charge is -2.08. The molecule has 0 bridgehead atoms. The van der Waals surface area contributed by atoms with Gasteiger partial charge in [-0.1, -0.05) is 13.0 Å². The van der Waals surface area contributed by atoms with E-state index in [1.54, 1.807) is 31.2 Å². The van der Waals surface area contributed by atoms with Crippen LogP contribution in [-0.4, -0.2) is 10.8 Å². The molecule has 0 saturated heterocycles. The molecule has 1 amide bonds. The Labute approximate surface area is 121 Å². The Bertz CT molecular complexity index is 651. The second-order valence-corrected chi connectivity index (χ2v) is 4.33. The first-order chi connectivity index (χ1) is 10.1. The van der Waals surface area contributed by atoms with Crippen LogP contribution in [0.1, 0.15) is 19.1 Å². The summed E-state index contributed by atoms with van der Waals surface area (Å²) in [5, 5.41) is 16.4. The maximum Gasteiger partial charge on any atom is 0.433 e. The van der Waals surface area contributed by atoms with E-state index in [1.807, 2.05) is 6.07 Å². The highest BCUT2D eigenvalue weighted by Gasteiger charge is 2.11. The number of benzene rings is 1. The zero-order valence-electron chi connectivity index (χ0n) is 11.5. The molecule has 1 aromatic carbocycles. The maximum absolute atomic E-state index is 11.3. The van der Waals surface area contributed by atoms with Crippen molar-refractivity contribution >= 4 is 23.2 Å². The van der Waals surface area contributed by atoms with Crippen molar-refractivity contribution in [3.05, 3.63) is 52.3 Å². The predicted molar refractivity (Wildman–Crippen MR) is 78.1 cm³/mol. The number of rotatable bonds is 6. The van der Waals surface area contributed by atoms with Gasteiger partial charge < -0.3 is 15.1 Å². The zero-order chi connectivity index (χ0) is 15.2. The van der Waals surface area contributed by atoms with Gasteiger partial charge in [0.1, 0.15) is 10.7 Å². The van der Waals surface area contributed by atoms with E-state index in [-0.39, 0.29) is 11.8 Å². The molecule has 110 valence electrons. The van der Waals surface area contributed by atoms with Gasteiger partial charge in [-0.15, -0.1) is 0 Å². The van der Waals surface area contributed by atoms with Gasteiger partial charge in [0.25, 0.3) is 0 Å². The molecule has 0 radical (unpaired) electrons. The summed E-state index contributed by atoms with van der Waals surface area (Å²) in [7, 11) is 0. The van der Waals surface area contributed by atoms with E-state index in [2.05, 4.69) is 10.6 Å². The van der Waals surface area contributed by atoms with Crippen LogP contribution >= 0.6 is 0 Å². The van der Waals surface area contributed by atoms with Crippen molar-refractivity contribution in [3.8, 4) is 0 Å². The Balaban J connectivity index is 1.97. The van der Waals surface area contributed by atoms with Gasteiger partial charge in [-0.3, -0.25) is 14.9 Å². The first-order valence-electron chi connectivity index (χ1n) is 6.45. The molecule has 0 aliphatic rings. The highest BCUT2D eigenvalue weighted by molar-refractivity contribution is 5.90. The average Bonchev–Trinajstić information content (AvgIpc) is 2.94. The number of hydrogen-bond acceptors (Lipinski definition) is 5. The third-order valence-corrected chi connectivity index (χ3v) is 2.76. The van der Waals surface area contributed by atoms with E-state index in [9.17, 15) is 14.9 Å². The molecular formula is C14H15N3O4. The molecule has 7 heteroatoms. The van der Waals surface area contributed by atoms with Gasteiger partial charge in [0, 0.05) is 17.8 Å². The standard InChI is InChI=1S/C14H15N3O4/c1-2-13(18)16-11-5-3-4-10(8-11)15-9-12-6-7-14(21-12)17(19)20/h3-8,15H,2,9H2,1H3,(H,16,18). The molecule has 21 heavy (non-hydrogen) atoms. The maximum atomic E-state index is 11.3. The predicted octanol–water partition coefficient (Wildman–Crippen LogP) is 3.15. The molecule has 1 aromatic heterocycles. The van der Waals surface area contributed by atoms with Gasteiger partial charge in [-0.25, -0.2) is 0 Å². The minimum absolute atomic E-state index is 0.0613. The lowest BCUT2D eigenvalue weighted by atomic mass is 10.2. The molecule has 0 atom stereocenters. The molecule has 0 saturated carbocycles. The Morgan fingerprint density at radius 3 is 2.71 bits per heavy atom. The van der Waals surface area contributed by atoms with Crippen LogP contribution in [0.2, 0.25) is 0 Å². The number of nitrogens with one attached hydrogen (secondary N) is 2. The summed E-state index contributed by atoms with van der Waals surface area (Å²) in [6.45, 7) is 2.10. The minimum Gasteiger partial charge on any atom is -0.404 e. The lowest BCUT2D eigenvalue weighted by Crippen LogP contribution is -2.09. The summed E-state index contributed by atoms with van der Waals surface area (Å²) in [6, 6.07) is 10.1. The van der Waals surface area contributed by atoms with Crippen molar-refractivity contribution in [1.82, 2.24) is 0 Å². The number of anilines is 2. The van der Waals surface area contributed by atoms with Crippen LogP contribution < -0.4 is 10.6 Å². The highest BCUT2D eigenvalue weighted by atomic mass is 16.6. The van der Waals surface area contributed by atoms with Crippen molar-refractivity contribution < 1.29 is 14.1 Å². The molecule has 0 unspecified atom stereocenters. The average molecular weight is 289 g/mol. The molecule has 2 aromatic rings. The van der Waals surface area contributed by atoms with Crippen LogP contribution in [-0.2, 0) is 11.3 Å². The number of hydrogen-bond donors (Lipinski definition) is 2. The fourth-order valence-electron chi connectivity index (χ4n) is 1.71. The van der Waals surface area contributed by atoms with E-state index < -0.39 is 4.92 Å². The lowest BCUT2D eigenvalue weighted by molar-refractivity contribution is -0.402. The smallest absolute Gasteiger partial charge is 0.404 e. The van der Waals surface area contributed by atoms with Gasteiger partial charge in [0.2, 0.25) is 5.91 Å². The van der Waals surface area contributed by atoms with Gasteiger partial charge in [-0.2, -0.15) is 0 Å². The van der Waals surface area contributed by atoms with E-state index in [4.69, 9.17) is 4.42 Å². The fourth-order valence-corrected chi connectivity index (χ4v) is 1.71. The Hall–Kier alpha value is -2.83. The van der Waals surface area contributed by atoms with Gasteiger partial charge >= 0.3 is 5.88 Å². The quantitative estimate of drug-likeness (QED) is 0.629. The van der Waals surface area contributed by atoms with Crippen LogP contribution in [0.25, 0.3) is 0 Å². The van der Waals surface area contributed by atoms with Crippen LogP contribution in [0.15, 0.2) is 40.8 Å². The van der Waals surface area contributed by atoms with Crippen LogP contribution in [0.5, 0.6) is 0 Å². The van der Waals surface area contributed by atoms with E-state index in [0.717, 1.165) is 5.69 Å². The molecule has 0 spiro atoms. The number of nitro groups is 1. The number of carbonyl (C=O) groups is 1. The normalized spacial score (nSPS) is 10.1. The zero-order valence-corrected chi connectivity index (χ0v) is 11.5. The summed E-state index contributed by atoms with van der Waals surface area (Å²) in [6.07, 6.45) is 0.410. The molecule has 7 nitrogen and oxygen atoms in total. The van der Waals surface area contributed by atoms with E-state index >= 15 is 0 Å². The largest absolute Gasteiger partial charge is 0.433 e. The summed E-state index contributed by atoms with van der Waals surface area (Å²) in [4.78, 5) is 21.3. The van der Waals surface area contributed by atoms with Crippen molar-refractivity contribution in [3.63, 3.8) is 0 Å². The van der Waals surface area contributed by atoms with E-state index in [1.165, 1.54) is 6.07 Å². The second kappa shape index (κ2) is 6.56. The van der Waals surface area contributed by atoms with Crippen LogP contribution in [0.4, 0.5) is 17.3 Å². The first-order valence-corrected chi connectivity index (χ1v) is 6.45. The Kier molecular flexibility index (Phi) is 4.55. The third-order valence-electron chi connectivity index (χ3n) is 2.76. The number of amides is 1. The van der Waals surface area contributed by atoms with Crippen molar-refractivity contribution in [1.29, 1.82) is 0 Å². The molecule has 2 N–H and O–H groups in total. The molecule has 1 heterocycles. The monoisotopic (exact) mass is 289 g/mol. The molecule has 0 fully saturated rings. The summed E-state index contributed by atoms with van der Waals surface area (Å²) < 4.78 is 5.05. The highest BCUT2D eigenvalue weighted by Crippen LogP contribution is 2.19. The van der Waals surface area contributed by atoms with E-state index in [0.29, 0.717) is 24.4 Å². The second-order valence-electron chi connectivity index (χ2n) is 4.33. The fraction of sp³-hybridized carbons (Fsp3) is 0.214. The van der Waals surface area contributed by atoms with Crippen LogP contribution in [0.3, 0.4) is 0 Å². The Morgan fingerprint density at radius 2 is 2.05 bits per heavy atom. The number of carbonyl (C=O) groups excluding carboxylic acids is 1. The topological polar surface area (TPSA) is 97.4 Å². The van der Waals surface area contributed by atoms with Crippen molar-refractivity contribution in [2.24, 2.45) is 0 Å². The summed E-state index contributed by atoms with van der Waals surface area (Å²) in [5.74, 6) is 0.120.